The highest BCUT2D eigenvalue weighted by Gasteiger charge is 2.30. The Bertz CT molecular complexity index is 801. The van der Waals surface area contributed by atoms with Gasteiger partial charge in [-0.1, -0.05) is 37.1 Å². The zero-order chi connectivity index (χ0) is 22.2. The number of aliphatic imine (C=N–C) groups is 1. The molecule has 0 bridgehead atoms. The van der Waals surface area contributed by atoms with Gasteiger partial charge in [0.15, 0.2) is 11.3 Å². The predicted octanol–water partition coefficient (Wildman–Crippen LogP) is 4.50. The molecule has 178 valence electrons. The number of nitrogens with zero attached hydrogens (tertiary/aromatic N) is 2. The van der Waals surface area contributed by atoms with E-state index in [1.807, 2.05) is 13.1 Å². The number of ether oxygens (including phenoxy) is 2. The van der Waals surface area contributed by atoms with Crippen LogP contribution in [0.25, 0.3) is 0 Å². The quantitative estimate of drug-likeness (QED) is 0.548. The molecule has 1 aliphatic heterocycles. The van der Waals surface area contributed by atoms with E-state index < -0.39 is 12.1 Å². The Labute approximate surface area is 201 Å². The third-order valence-electron chi connectivity index (χ3n) is 5.59. The average Bonchev–Trinajstić information content (AvgIpc) is 3.08. The molecule has 7 nitrogen and oxygen atoms in total. The third kappa shape index (κ3) is 7.59. The molecule has 1 aromatic carbocycles. The second-order valence-corrected chi connectivity index (χ2v) is 9.06. The molecule has 0 spiro atoms. The molecule has 1 saturated carbocycles. The van der Waals surface area contributed by atoms with Gasteiger partial charge in [-0.2, -0.15) is 0 Å². The van der Waals surface area contributed by atoms with Crippen LogP contribution >= 0.6 is 24.2 Å². The molecule has 2 aliphatic rings. The Morgan fingerprint density at radius 2 is 2.03 bits per heavy atom. The first-order valence-electron chi connectivity index (χ1n) is 11.1. The van der Waals surface area contributed by atoms with Gasteiger partial charge < -0.3 is 19.7 Å². The number of benzene rings is 1. The molecule has 9 heteroatoms. The lowest BCUT2D eigenvalue weighted by Gasteiger charge is -2.23. The van der Waals surface area contributed by atoms with Crippen molar-refractivity contribution >= 4 is 46.9 Å². The van der Waals surface area contributed by atoms with Crippen LogP contribution in [0.5, 0.6) is 5.75 Å². The van der Waals surface area contributed by atoms with Crippen molar-refractivity contribution in [3.05, 3.63) is 24.3 Å². The zero-order valence-electron chi connectivity index (χ0n) is 19.0. The summed E-state index contributed by atoms with van der Waals surface area (Å²) in [6, 6.07) is 7.64. The van der Waals surface area contributed by atoms with Crippen LogP contribution < -0.4 is 10.1 Å². The molecule has 0 radical (unpaired) electrons. The largest absolute Gasteiger partial charge is 0.479 e. The minimum atomic E-state index is -0.711. The molecule has 0 aromatic heterocycles. The lowest BCUT2D eigenvalue weighted by atomic mass is 9.96. The summed E-state index contributed by atoms with van der Waals surface area (Å²) in [7, 11) is 2.03. The first kappa shape index (κ1) is 26.3. The van der Waals surface area contributed by atoms with Gasteiger partial charge in [0.25, 0.3) is 0 Å². The first-order chi connectivity index (χ1) is 15.0. The summed E-state index contributed by atoms with van der Waals surface area (Å²) < 4.78 is 10.6. The zero-order valence-corrected chi connectivity index (χ0v) is 20.7. The molecule has 2 atom stereocenters. The molecule has 1 aliphatic carbocycles. The maximum atomic E-state index is 12.6. The number of hydrogen-bond acceptors (Lipinski definition) is 6. The number of rotatable bonds is 8. The number of esters is 1. The highest BCUT2D eigenvalue weighted by molar-refractivity contribution is 8.14. The molecule has 1 N–H and O–H groups in total. The van der Waals surface area contributed by atoms with Crippen LogP contribution in [0.1, 0.15) is 52.4 Å². The van der Waals surface area contributed by atoms with Crippen LogP contribution in [-0.4, -0.2) is 59.5 Å². The van der Waals surface area contributed by atoms with Crippen LogP contribution in [0.4, 0.5) is 5.69 Å². The number of amides is 1. The van der Waals surface area contributed by atoms with Crippen molar-refractivity contribution in [3.8, 4) is 5.75 Å². The number of carbonyl (C=O) groups is 2. The molecule has 1 heterocycles. The average molecular weight is 484 g/mol. The second-order valence-electron chi connectivity index (χ2n) is 8.07. The van der Waals surface area contributed by atoms with E-state index in [0.717, 1.165) is 10.9 Å². The topological polar surface area (TPSA) is 80.2 Å². The van der Waals surface area contributed by atoms with Crippen molar-refractivity contribution < 1.29 is 19.1 Å². The van der Waals surface area contributed by atoms with Crippen molar-refractivity contribution in [3.63, 3.8) is 0 Å². The fraction of sp³-hybridized carbons (Fsp3) is 0.609. The van der Waals surface area contributed by atoms with E-state index in [9.17, 15) is 9.59 Å². The monoisotopic (exact) mass is 483 g/mol. The second kappa shape index (κ2) is 12.9. The Hall–Kier alpha value is -1.93. The summed E-state index contributed by atoms with van der Waals surface area (Å²) in [5.74, 6) is 0.917. The number of amidine groups is 1. The molecule has 1 aromatic rings. The SMILES string of the molecule is CCOC(=O)C(C)Oc1cccc(NC(=O)CC2CSC(=NC3CCCCC3)N2C)c1.Cl. The van der Waals surface area contributed by atoms with E-state index in [2.05, 4.69) is 10.2 Å². The maximum Gasteiger partial charge on any atom is 0.347 e. The predicted molar refractivity (Wildman–Crippen MR) is 132 cm³/mol. The Balaban J connectivity index is 0.00000363. The standard InChI is InChI=1S/C23H33N3O4S.ClH/c1-4-29-22(28)16(2)30-20-12-8-11-18(13-20)24-21(27)14-19-15-31-23(26(19)3)25-17-9-6-5-7-10-17;/h8,11-13,16-17,19H,4-7,9-10,14-15H2,1-3H3,(H,24,27);1H. The van der Waals surface area contributed by atoms with Gasteiger partial charge >= 0.3 is 5.97 Å². The molecular formula is C23H34ClN3O4S. The van der Waals surface area contributed by atoms with Crippen molar-refractivity contribution in [2.24, 2.45) is 4.99 Å². The van der Waals surface area contributed by atoms with E-state index in [4.69, 9.17) is 14.5 Å². The summed E-state index contributed by atoms with van der Waals surface area (Å²) in [5, 5.41) is 4.01. The summed E-state index contributed by atoms with van der Waals surface area (Å²) in [4.78, 5) is 31.5. The van der Waals surface area contributed by atoms with Crippen molar-refractivity contribution in [1.82, 2.24) is 4.90 Å². The van der Waals surface area contributed by atoms with Gasteiger partial charge in [0, 0.05) is 37.0 Å². The van der Waals surface area contributed by atoms with Crippen molar-refractivity contribution in [2.45, 2.75) is 70.6 Å². The number of thioether (sulfide) groups is 1. The Morgan fingerprint density at radius 3 is 2.75 bits per heavy atom. The minimum absolute atomic E-state index is 0. The van der Waals surface area contributed by atoms with Gasteiger partial charge in [0.1, 0.15) is 5.75 Å². The number of nitrogens with one attached hydrogen (secondary N) is 1. The molecule has 2 fully saturated rings. The van der Waals surface area contributed by atoms with Gasteiger partial charge in [-0.25, -0.2) is 4.79 Å². The lowest BCUT2D eigenvalue weighted by Crippen LogP contribution is -2.34. The van der Waals surface area contributed by atoms with E-state index >= 15 is 0 Å². The van der Waals surface area contributed by atoms with Gasteiger partial charge in [-0.05, 0) is 38.8 Å². The molecule has 1 amide bonds. The van der Waals surface area contributed by atoms with E-state index in [-0.39, 0.29) is 24.4 Å². The normalized spacial score (nSPS) is 21.0. The van der Waals surface area contributed by atoms with Crippen LogP contribution in [-0.2, 0) is 14.3 Å². The molecule has 1 saturated heterocycles. The number of halogens is 1. The molecular weight excluding hydrogens is 450 g/mol. The summed E-state index contributed by atoms with van der Waals surface area (Å²) in [6.45, 7) is 3.71. The number of carbonyl (C=O) groups excluding carboxylic acids is 2. The minimum Gasteiger partial charge on any atom is -0.479 e. The van der Waals surface area contributed by atoms with Crippen LogP contribution in [0, 0.1) is 0 Å². The molecule has 3 rings (SSSR count). The maximum absolute atomic E-state index is 12.6. The smallest absolute Gasteiger partial charge is 0.347 e. The number of anilines is 1. The van der Waals surface area contributed by atoms with Gasteiger partial charge in [0.2, 0.25) is 5.91 Å². The van der Waals surface area contributed by atoms with E-state index in [1.165, 1.54) is 32.1 Å². The van der Waals surface area contributed by atoms with Gasteiger partial charge in [0.05, 0.1) is 12.6 Å². The van der Waals surface area contributed by atoms with Gasteiger partial charge in [-0.3, -0.25) is 9.79 Å². The van der Waals surface area contributed by atoms with Gasteiger partial charge in [-0.15, -0.1) is 12.4 Å². The van der Waals surface area contributed by atoms with Crippen LogP contribution in [0.2, 0.25) is 0 Å². The van der Waals surface area contributed by atoms with E-state index in [1.54, 1.807) is 43.8 Å². The fourth-order valence-electron chi connectivity index (χ4n) is 3.82. The highest BCUT2D eigenvalue weighted by atomic mass is 35.5. The van der Waals surface area contributed by atoms with Crippen LogP contribution in [0.3, 0.4) is 0 Å². The number of hydrogen-bond donors (Lipinski definition) is 1. The fourth-order valence-corrected chi connectivity index (χ4v) is 5.08. The summed E-state index contributed by atoms with van der Waals surface area (Å²) >= 11 is 1.75. The van der Waals surface area contributed by atoms with Crippen molar-refractivity contribution in [2.75, 3.05) is 24.7 Å². The molecule has 2 unspecified atom stereocenters. The Kier molecular flexibility index (Phi) is 10.6. The van der Waals surface area contributed by atoms with Crippen molar-refractivity contribution in [1.29, 1.82) is 0 Å². The van der Waals surface area contributed by atoms with Crippen LogP contribution in [0.15, 0.2) is 29.3 Å². The first-order valence-corrected chi connectivity index (χ1v) is 12.1. The third-order valence-corrected chi connectivity index (χ3v) is 6.80. The summed E-state index contributed by atoms with van der Waals surface area (Å²) in [6.07, 6.45) is 5.90. The lowest BCUT2D eigenvalue weighted by molar-refractivity contribution is -0.150. The molecule has 32 heavy (non-hydrogen) atoms. The summed E-state index contributed by atoms with van der Waals surface area (Å²) in [5.41, 5.74) is 0.642. The van der Waals surface area contributed by atoms with E-state index in [0.29, 0.717) is 30.5 Å². The highest BCUT2D eigenvalue weighted by Crippen LogP contribution is 2.28. The Morgan fingerprint density at radius 1 is 1.28 bits per heavy atom.